The molecule has 84 valence electrons. The molecule has 15 heavy (non-hydrogen) atoms. The maximum Gasteiger partial charge on any atom is 0.0207 e. The molecule has 0 aromatic heterocycles. The van der Waals surface area contributed by atoms with E-state index in [9.17, 15) is 0 Å². The van der Waals surface area contributed by atoms with Gasteiger partial charge >= 0.3 is 0 Å². The highest BCUT2D eigenvalue weighted by atomic mass is 79.9. The minimum Gasteiger partial charge on any atom is -0.316 e. The van der Waals surface area contributed by atoms with E-state index in [0.717, 1.165) is 19.5 Å². The average Bonchev–Trinajstić information content (AvgIpc) is 2.22. The summed E-state index contributed by atoms with van der Waals surface area (Å²) in [6.07, 6.45) is 2.35. The average molecular weight is 270 g/mol. The lowest BCUT2D eigenvalue weighted by Gasteiger charge is -2.13. The second-order valence-electron chi connectivity index (χ2n) is 4.10. The topological polar surface area (TPSA) is 12.0 Å². The van der Waals surface area contributed by atoms with Crippen molar-refractivity contribution in [3.8, 4) is 0 Å². The van der Waals surface area contributed by atoms with Crippen LogP contribution < -0.4 is 5.32 Å². The third-order valence-electron chi connectivity index (χ3n) is 2.45. The molecule has 1 aromatic rings. The number of halogens is 1. The molecule has 0 amide bonds. The number of hydrogen-bond donors (Lipinski definition) is 1. The molecule has 1 unspecified atom stereocenters. The van der Waals surface area contributed by atoms with Crippen LogP contribution in [0.25, 0.3) is 0 Å². The van der Waals surface area contributed by atoms with Gasteiger partial charge in [-0.2, -0.15) is 0 Å². The fraction of sp³-hybridized carbons (Fsp3) is 0.538. The maximum atomic E-state index is 3.59. The van der Waals surface area contributed by atoms with Gasteiger partial charge in [0.25, 0.3) is 0 Å². The Kier molecular flexibility index (Phi) is 5.96. The van der Waals surface area contributed by atoms with E-state index in [-0.39, 0.29) is 0 Å². The summed E-state index contributed by atoms with van der Waals surface area (Å²) in [5.41, 5.74) is 1.41. The zero-order chi connectivity index (χ0) is 11.1. The predicted molar refractivity (Wildman–Crippen MR) is 70.2 cm³/mol. The van der Waals surface area contributed by atoms with Crippen molar-refractivity contribution in [2.45, 2.75) is 26.7 Å². The molecule has 0 aliphatic heterocycles. The van der Waals surface area contributed by atoms with Crippen LogP contribution in [0.5, 0.6) is 0 Å². The van der Waals surface area contributed by atoms with Gasteiger partial charge in [-0.05, 0) is 43.5 Å². The first-order valence-electron chi connectivity index (χ1n) is 5.68. The lowest BCUT2D eigenvalue weighted by Crippen LogP contribution is -2.23. The van der Waals surface area contributed by atoms with Crippen molar-refractivity contribution in [1.82, 2.24) is 5.32 Å². The van der Waals surface area contributed by atoms with E-state index in [4.69, 9.17) is 0 Å². The minimum atomic E-state index is 0.690. The summed E-state index contributed by atoms with van der Waals surface area (Å²) >= 11 is 3.59. The normalized spacial score (nSPS) is 12.7. The van der Waals surface area contributed by atoms with E-state index in [1.54, 1.807) is 0 Å². The first-order valence-corrected chi connectivity index (χ1v) is 6.47. The summed E-state index contributed by atoms with van der Waals surface area (Å²) in [7, 11) is 0. The fourth-order valence-corrected chi connectivity index (χ4v) is 2.08. The molecule has 0 aliphatic rings. The molecule has 0 saturated carbocycles. The van der Waals surface area contributed by atoms with Gasteiger partial charge in [0.2, 0.25) is 0 Å². The molecule has 0 radical (unpaired) electrons. The van der Waals surface area contributed by atoms with Gasteiger partial charge < -0.3 is 5.32 Å². The quantitative estimate of drug-likeness (QED) is 0.778. The molecule has 1 nitrogen and oxygen atoms in total. The summed E-state index contributed by atoms with van der Waals surface area (Å²) in [6, 6.07) is 8.47. The van der Waals surface area contributed by atoms with Gasteiger partial charge in [-0.25, -0.2) is 0 Å². The molecule has 1 aromatic carbocycles. The molecule has 0 spiro atoms. The van der Waals surface area contributed by atoms with Gasteiger partial charge in [0.1, 0.15) is 0 Å². The van der Waals surface area contributed by atoms with Gasteiger partial charge in [0.15, 0.2) is 0 Å². The van der Waals surface area contributed by atoms with Crippen molar-refractivity contribution in [2.24, 2.45) is 5.92 Å². The lowest BCUT2D eigenvalue weighted by molar-refractivity contribution is 0.510. The molecule has 0 bridgehead atoms. The van der Waals surface area contributed by atoms with Crippen LogP contribution in [0.3, 0.4) is 0 Å². The highest BCUT2D eigenvalue weighted by Gasteiger charge is 2.05. The highest BCUT2D eigenvalue weighted by Crippen LogP contribution is 2.18. The molecule has 1 rings (SSSR count). The first kappa shape index (κ1) is 12.7. The molecular weight excluding hydrogens is 250 g/mol. The van der Waals surface area contributed by atoms with Crippen molar-refractivity contribution < 1.29 is 0 Å². The molecular formula is C13H20BrN. The van der Waals surface area contributed by atoms with E-state index < -0.39 is 0 Å². The van der Waals surface area contributed by atoms with Crippen molar-refractivity contribution in [3.63, 3.8) is 0 Å². The largest absolute Gasteiger partial charge is 0.316 e. The molecule has 0 saturated heterocycles. The lowest BCUT2D eigenvalue weighted by atomic mass is 10.0. The molecule has 0 fully saturated rings. The highest BCUT2D eigenvalue weighted by molar-refractivity contribution is 9.10. The second kappa shape index (κ2) is 7.02. The van der Waals surface area contributed by atoms with Crippen LogP contribution in [0.2, 0.25) is 0 Å². The number of nitrogens with one attached hydrogen (secondary N) is 1. The second-order valence-corrected chi connectivity index (χ2v) is 4.96. The van der Waals surface area contributed by atoms with Crippen molar-refractivity contribution in [1.29, 1.82) is 0 Å². The van der Waals surface area contributed by atoms with Crippen LogP contribution in [0, 0.1) is 5.92 Å². The Morgan fingerprint density at radius 1 is 1.33 bits per heavy atom. The number of rotatable bonds is 6. The molecule has 1 N–H and O–H groups in total. The van der Waals surface area contributed by atoms with E-state index in [2.05, 4.69) is 59.4 Å². The van der Waals surface area contributed by atoms with E-state index >= 15 is 0 Å². The van der Waals surface area contributed by atoms with Crippen LogP contribution in [0.4, 0.5) is 0 Å². The molecule has 0 aliphatic carbocycles. The Morgan fingerprint density at radius 2 is 2.07 bits per heavy atom. The van der Waals surface area contributed by atoms with Crippen molar-refractivity contribution >= 4 is 15.9 Å². The monoisotopic (exact) mass is 269 g/mol. The van der Waals surface area contributed by atoms with Gasteiger partial charge in [0, 0.05) is 4.47 Å². The molecule has 1 atom stereocenters. The first-order chi connectivity index (χ1) is 7.24. The van der Waals surface area contributed by atoms with Crippen molar-refractivity contribution in [3.05, 3.63) is 34.3 Å². The smallest absolute Gasteiger partial charge is 0.0207 e. The zero-order valence-electron chi connectivity index (χ0n) is 9.59. The standard InChI is InChI=1S/C13H20BrN/c1-3-8-15-10-11(2)9-12-6-4-5-7-13(12)14/h4-7,11,15H,3,8-10H2,1-2H3. The van der Waals surface area contributed by atoms with E-state index in [0.29, 0.717) is 5.92 Å². The Labute approximate surface area is 101 Å². The van der Waals surface area contributed by atoms with Crippen LogP contribution in [-0.2, 0) is 6.42 Å². The Bertz CT molecular complexity index is 286. The molecule has 2 heteroatoms. The van der Waals surface area contributed by atoms with Gasteiger partial charge in [0.05, 0.1) is 0 Å². The maximum absolute atomic E-state index is 3.59. The van der Waals surface area contributed by atoms with E-state index in [1.165, 1.54) is 16.5 Å². The summed E-state index contributed by atoms with van der Waals surface area (Å²) in [5.74, 6) is 0.690. The predicted octanol–water partition coefficient (Wildman–Crippen LogP) is 3.63. The van der Waals surface area contributed by atoms with Crippen LogP contribution in [-0.4, -0.2) is 13.1 Å². The van der Waals surface area contributed by atoms with Gasteiger partial charge in [-0.1, -0.05) is 48.0 Å². The summed E-state index contributed by atoms with van der Waals surface area (Å²) in [6.45, 7) is 6.73. The summed E-state index contributed by atoms with van der Waals surface area (Å²) < 4.78 is 1.23. The number of benzene rings is 1. The van der Waals surface area contributed by atoms with Crippen LogP contribution >= 0.6 is 15.9 Å². The summed E-state index contributed by atoms with van der Waals surface area (Å²) in [4.78, 5) is 0. The van der Waals surface area contributed by atoms with Crippen molar-refractivity contribution in [2.75, 3.05) is 13.1 Å². The van der Waals surface area contributed by atoms with E-state index in [1.807, 2.05) is 0 Å². The minimum absolute atomic E-state index is 0.690. The van der Waals surface area contributed by atoms with Crippen LogP contribution in [0.15, 0.2) is 28.7 Å². The SMILES string of the molecule is CCCNCC(C)Cc1ccccc1Br. The van der Waals surface area contributed by atoms with Crippen LogP contribution in [0.1, 0.15) is 25.8 Å². The third-order valence-corrected chi connectivity index (χ3v) is 3.22. The van der Waals surface area contributed by atoms with Gasteiger partial charge in [-0.3, -0.25) is 0 Å². The summed E-state index contributed by atoms with van der Waals surface area (Å²) in [5, 5.41) is 3.46. The third kappa shape index (κ3) is 4.80. The Balaban J connectivity index is 2.37. The fourth-order valence-electron chi connectivity index (χ4n) is 1.64. The van der Waals surface area contributed by atoms with Gasteiger partial charge in [-0.15, -0.1) is 0 Å². The Hall–Kier alpha value is -0.340. The number of hydrogen-bond acceptors (Lipinski definition) is 1. The zero-order valence-corrected chi connectivity index (χ0v) is 11.2. The Morgan fingerprint density at radius 3 is 2.73 bits per heavy atom. The molecule has 0 heterocycles.